The van der Waals surface area contributed by atoms with Gasteiger partial charge in [0.25, 0.3) is 11.8 Å². The topological polar surface area (TPSA) is 92.9 Å². The molecule has 1 aliphatic carbocycles. The number of rotatable bonds is 4. The second-order valence-electron chi connectivity index (χ2n) is 6.58. The second-order valence-corrected chi connectivity index (χ2v) is 8.58. The molecule has 3 heterocycles. The van der Waals surface area contributed by atoms with Gasteiger partial charge in [-0.1, -0.05) is 11.6 Å². The van der Waals surface area contributed by atoms with E-state index in [0.717, 1.165) is 0 Å². The summed E-state index contributed by atoms with van der Waals surface area (Å²) in [6, 6.07) is -1.92. The molecule has 2 atom stereocenters. The average molecular weight is 444 g/mol. The van der Waals surface area contributed by atoms with Crippen molar-refractivity contribution in [1.29, 1.82) is 0 Å². The zero-order chi connectivity index (χ0) is 19.9. The molecule has 0 radical (unpaired) electrons. The van der Waals surface area contributed by atoms with Crippen LogP contribution in [0.25, 0.3) is 10.3 Å². The number of amides is 1. The van der Waals surface area contributed by atoms with E-state index < -0.39 is 18.0 Å². The predicted molar refractivity (Wildman–Crippen MR) is 109 cm³/mol. The maximum atomic E-state index is 13.9. The van der Waals surface area contributed by atoms with Crippen molar-refractivity contribution < 1.29 is 13.6 Å². The lowest BCUT2D eigenvalue weighted by atomic mass is 9.87. The Hall–Kier alpha value is -1.88. The van der Waals surface area contributed by atoms with Gasteiger partial charge in [-0.2, -0.15) is 0 Å². The van der Waals surface area contributed by atoms with Gasteiger partial charge in [0.15, 0.2) is 0 Å². The number of hydrogen-bond donors (Lipinski definition) is 3. The quantitative estimate of drug-likeness (QED) is 0.548. The van der Waals surface area contributed by atoms with E-state index in [-0.39, 0.29) is 12.3 Å². The summed E-state index contributed by atoms with van der Waals surface area (Å²) in [5.41, 5.74) is 7.00. The SMILES string of the molecule is N[C@@H]1[C@H](Nc2cnc3scc(C(=O)Nc4cscc4Cl)c3n2)CCCC1(F)F. The van der Waals surface area contributed by atoms with E-state index in [1.54, 1.807) is 16.1 Å². The fourth-order valence-corrected chi connectivity index (χ4v) is 4.94. The minimum absolute atomic E-state index is 0.211. The summed E-state index contributed by atoms with van der Waals surface area (Å²) in [5.74, 6) is -2.97. The highest BCUT2D eigenvalue weighted by Gasteiger charge is 2.44. The summed E-state index contributed by atoms with van der Waals surface area (Å²) >= 11 is 8.67. The lowest BCUT2D eigenvalue weighted by Crippen LogP contribution is -2.55. The van der Waals surface area contributed by atoms with E-state index in [1.165, 1.54) is 28.9 Å². The maximum absolute atomic E-state index is 13.9. The van der Waals surface area contributed by atoms with Gasteiger partial charge in [0.1, 0.15) is 16.2 Å². The number of carbonyl (C=O) groups excluding carboxylic acids is 1. The van der Waals surface area contributed by atoms with Crippen LogP contribution in [0.15, 0.2) is 22.3 Å². The summed E-state index contributed by atoms with van der Waals surface area (Å²) in [5, 5.41) is 11.3. The fourth-order valence-electron chi connectivity index (χ4n) is 3.15. The van der Waals surface area contributed by atoms with Crippen LogP contribution in [0.2, 0.25) is 5.02 Å². The second kappa shape index (κ2) is 7.51. The highest BCUT2D eigenvalue weighted by molar-refractivity contribution is 7.17. The maximum Gasteiger partial charge on any atom is 0.264 e. The smallest absolute Gasteiger partial charge is 0.264 e. The number of nitrogens with zero attached hydrogens (tertiary/aromatic N) is 2. The highest BCUT2D eigenvalue weighted by atomic mass is 35.5. The Labute approximate surface area is 172 Å². The van der Waals surface area contributed by atoms with Gasteiger partial charge in [0.2, 0.25) is 0 Å². The van der Waals surface area contributed by atoms with Crippen molar-refractivity contribution in [2.45, 2.75) is 37.3 Å². The van der Waals surface area contributed by atoms with Gasteiger partial charge in [0.05, 0.1) is 28.5 Å². The Morgan fingerprint density at radius 2 is 2.18 bits per heavy atom. The number of halogens is 3. The standard InChI is InChI=1S/C17H16ClF2N5OS2/c18-9-6-27-7-11(9)24-15(26)8-5-28-16-13(8)25-12(4-22-16)23-10-2-1-3-17(19,20)14(10)21/h4-7,10,14H,1-3,21H2,(H,23,25)(H,24,26)/t10-,14-/m1/s1. The summed E-state index contributed by atoms with van der Waals surface area (Å²) in [6.07, 6.45) is 2.15. The molecule has 4 rings (SSSR count). The number of nitrogens with two attached hydrogens (primary N) is 1. The Bertz CT molecular complexity index is 1020. The van der Waals surface area contributed by atoms with Crippen molar-refractivity contribution in [3.05, 3.63) is 32.9 Å². The van der Waals surface area contributed by atoms with Crippen molar-refractivity contribution >= 4 is 62.0 Å². The van der Waals surface area contributed by atoms with E-state index in [0.29, 0.717) is 45.3 Å². The van der Waals surface area contributed by atoms with Gasteiger partial charge in [0, 0.05) is 28.6 Å². The summed E-state index contributed by atoms with van der Waals surface area (Å²) in [4.78, 5) is 21.9. The fraction of sp³-hybridized carbons (Fsp3) is 0.353. The van der Waals surface area contributed by atoms with E-state index in [1.807, 2.05) is 0 Å². The van der Waals surface area contributed by atoms with E-state index >= 15 is 0 Å². The first-order valence-electron chi connectivity index (χ1n) is 8.52. The molecule has 0 spiro atoms. The van der Waals surface area contributed by atoms with Gasteiger partial charge in [-0.05, 0) is 12.8 Å². The van der Waals surface area contributed by atoms with Crippen molar-refractivity contribution in [3.63, 3.8) is 0 Å². The van der Waals surface area contributed by atoms with Gasteiger partial charge < -0.3 is 16.4 Å². The molecule has 3 aromatic rings. The summed E-state index contributed by atoms with van der Waals surface area (Å²) in [7, 11) is 0. The highest BCUT2D eigenvalue weighted by Crippen LogP contribution is 2.34. The van der Waals surface area contributed by atoms with Gasteiger partial charge in [-0.3, -0.25) is 4.79 Å². The number of hydrogen-bond acceptors (Lipinski definition) is 7. The Balaban J connectivity index is 1.58. The number of anilines is 2. The molecule has 1 amide bonds. The van der Waals surface area contributed by atoms with Crippen molar-refractivity contribution in [2.24, 2.45) is 5.73 Å². The molecule has 1 fully saturated rings. The molecule has 0 bridgehead atoms. The third-order valence-corrected chi connectivity index (χ3v) is 6.73. The number of fused-ring (bicyclic) bond motifs is 1. The molecule has 148 valence electrons. The normalized spacial score (nSPS) is 21.6. The van der Waals surface area contributed by atoms with Crippen molar-refractivity contribution in [2.75, 3.05) is 10.6 Å². The average Bonchev–Trinajstić information content (AvgIpc) is 3.25. The molecule has 0 saturated heterocycles. The molecule has 6 nitrogen and oxygen atoms in total. The van der Waals surface area contributed by atoms with Crippen LogP contribution in [0.5, 0.6) is 0 Å². The largest absolute Gasteiger partial charge is 0.364 e. The molecule has 1 saturated carbocycles. The van der Waals surface area contributed by atoms with Gasteiger partial charge in [-0.25, -0.2) is 18.7 Å². The van der Waals surface area contributed by atoms with E-state index in [9.17, 15) is 13.6 Å². The Morgan fingerprint density at radius 3 is 2.93 bits per heavy atom. The van der Waals surface area contributed by atoms with Gasteiger partial charge in [-0.15, -0.1) is 22.7 Å². The molecule has 1 aliphatic rings. The zero-order valence-corrected chi connectivity index (χ0v) is 16.8. The van der Waals surface area contributed by atoms with E-state index in [4.69, 9.17) is 17.3 Å². The molecule has 28 heavy (non-hydrogen) atoms. The van der Waals surface area contributed by atoms with Gasteiger partial charge >= 0.3 is 0 Å². The minimum Gasteiger partial charge on any atom is -0.364 e. The molecule has 0 unspecified atom stereocenters. The van der Waals surface area contributed by atoms with Crippen LogP contribution < -0.4 is 16.4 Å². The van der Waals surface area contributed by atoms with Crippen molar-refractivity contribution in [3.8, 4) is 0 Å². The Kier molecular flexibility index (Phi) is 5.21. The van der Waals surface area contributed by atoms with Crippen molar-refractivity contribution in [1.82, 2.24) is 9.97 Å². The minimum atomic E-state index is -2.92. The van der Waals surface area contributed by atoms with Crippen LogP contribution in [0.3, 0.4) is 0 Å². The first kappa shape index (κ1) is 19.4. The first-order chi connectivity index (χ1) is 13.3. The molecular weight excluding hydrogens is 428 g/mol. The lowest BCUT2D eigenvalue weighted by molar-refractivity contribution is -0.0554. The lowest BCUT2D eigenvalue weighted by Gasteiger charge is -2.36. The number of nitrogens with one attached hydrogen (secondary N) is 2. The van der Waals surface area contributed by atoms with Crippen LogP contribution in [-0.2, 0) is 0 Å². The van der Waals surface area contributed by atoms with Crippen LogP contribution in [0.1, 0.15) is 29.6 Å². The molecule has 4 N–H and O–H groups in total. The molecule has 3 aromatic heterocycles. The summed E-state index contributed by atoms with van der Waals surface area (Å²) in [6.45, 7) is 0. The van der Waals surface area contributed by atoms with Crippen LogP contribution in [-0.4, -0.2) is 33.9 Å². The Morgan fingerprint density at radius 1 is 1.36 bits per heavy atom. The van der Waals surface area contributed by atoms with E-state index in [2.05, 4.69) is 20.6 Å². The number of alkyl halides is 2. The van der Waals surface area contributed by atoms with Crippen LogP contribution >= 0.6 is 34.3 Å². The number of aromatic nitrogens is 2. The van der Waals surface area contributed by atoms with Crippen LogP contribution in [0, 0.1) is 0 Å². The summed E-state index contributed by atoms with van der Waals surface area (Å²) < 4.78 is 27.7. The third-order valence-electron chi connectivity index (χ3n) is 4.67. The molecule has 11 heteroatoms. The number of carbonyl (C=O) groups is 1. The monoisotopic (exact) mass is 443 g/mol. The first-order valence-corrected chi connectivity index (χ1v) is 10.7. The van der Waals surface area contributed by atoms with Crippen LogP contribution in [0.4, 0.5) is 20.3 Å². The zero-order valence-electron chi connectivity index (χ0n) is 14.4. The predicted octanol–water partition coefficient (Wildman–Crippen LogP) is 4.59. The molecule has 0 aliphatic heterocycles. The number of thiophene rings is 2. The third kappa shape index (κ3) is 3.69. The molecular formula is C17H16ClF2N5OS2. The molecule has 0 aromatic carbocycles.